The van der Waals surface area contributed by atoms with Crippen molar-refractivity contribution in [2.45, 2.75) is 24.9 Å². The van der Waals surface area contributed by atoms with Crippen LogP contribution in [0.15, 0.2) is 18.3 Å². The Hall–Kier alpha value is -1.62. The number of piperazine rings is 1. The van der Waals surface area contributed by atoms with Crippen LogP contribution in [0.25, 0.3) is 0 Å². The van der Waals surface area contributed by atoms with E-state index in [-0.39, 0.29) is 5.91 Å². The first-order valence-electron chi connectivity index (χ1n) is 6.48. The van der Waals surface area contributed by atoms with Crippen molar-refractivity contribution in [3.63, 3.8) is 0 Å². The number of aromatic nitrogens is 1. The van der Waals surface area contributed by atoms with E-state index < -0.39 is 0 Å². The van der Waals surface area contributed by atoms with Gasteiger partial charge in [0.15, 0.2) is 0 Å². The van der Waals surface area contributed by atoms with E-state index in [1.165, 1.54) is 12.8 Å². The summed E-state index contributed by atoms with van der Waals surface area (Å²) in [7, 11) is 1.62. The summed E-state index contributed by atoms with van der Waals surface area (Å²) in [5.74, 6) is -0.136. The number of anilines is 1. The van der Waals surface area contributed by atoms with Crippen molar-refractivity contribution in [3.8, 4) is 0 Å². The summed E-state index contributed by atoms with van der Waals surface area (Å²) in [6.45, 7) is 2.04. The Balaban J connectivity index is 1.78. The highest BCUT2D eigenvalue weighted by molar-refractivity contribution is 5.92. The number of carbonyl (C=O) groups excluding carboxylic acids is 1. The standard InChI is InChI=1S/C13H18N4O/c1-14-13(18)11-3-2-9(8-16-11)17-7-6-15-10-4-5-12(10)17/h2-3,8,10,12,15H,4-7H2,1H3,(H,14,18)/t10-,12-/m0/s1. The molecule has 3 rings (SSSR count). The molecule has 18 heavy (non-hydrogen) atoms. The maximum absolute atomic E-state index is 11.4. The third-order valence-corrected chi connectivity index (χ3v) is 3.94. The minimum absolute atomic E-state index is 0.136. The molecule has 1 aliphatic heterocycles. The van der Waals surface area contributed by atoms with Gasteiger partial charge in [0.05, 0.1) is 11.9 Å². The summed E-state index contributed by atoms with van der Waals surface area (Å²) < 4.78 is 0. The van der Waals surface area contributed by atoms with Gasteiger partial charge in [-0.1, -0.05) is 0 Å². The van der Waals surface area contributed by atoms with Crippen molar-refractivity contribution in [1.29, 1.82) is 0 Å². The van der Waals surface area contributed by atoms with Gasteiger partial charge in [0.25, 0.3) is 5.91 Å². The van der Waals surface area contributed by atoms with Crippen LogP contribution in [0.1, 0.15) is 23.3 Å². The van der Waals surface area contributed by atoms with E-state index in [9.17, 15) is 4.79 Å². The molecule has 0 radical (unpaired) electrons. The number of nitrogens with zero attached hydrogens (tertiary/aromatic N) is 2. The lowest BCUT2D eigenvalue weighted by atomic mass is 9.83. The van der Waals surface area contributed by atoms with E-state index >= 15 is 0 Å². The summed E-state index contributed by atoms with van der Waals surface area (Å²) in [4.78, 5) is 18.1. The van der Waals surface area contributed by atoms with Crippen LogP contribution >= 0.6 is 0 Å². The molecule has 0 spiro atoms. The SMILES string of the molecule is CNC(=O)c1ccc(N2CCN[C@H]3CC[C@@H]32)cn1. The normalized spacial score (nSPS) is 26.2. The van der Waals surface area contributed by atoms with Gasteiger partial charge in [0.2, 0.25) is 0 Å². The Morgan fingerprint density at radius 3 is 3.00 bits per heavy atom. The predicted octanol–water partition coefficient (Wildman–Crippen LogP) is 0.382. The number of rotatable bonds is 2. The van der Waals surface area contributed by atoms with Crippen LogP contribution < -0.4 is 15.5 Å². The van der Waals surface area contributed by atoms with Gasteiger partial charge in [-0.3, -0.25) is 4.79 Å². The highest BCUT2D eigenvalue weighted by Gasteiger charge is 2.38. The quantitative estimate of drug-likeness (QED) is 0.792. The maximum atomic E-state index is 11.4. The lowest BCUT2D eigenvalue weighted by Gasteiger charge is -2.49. The van der Waals surface area contributed by atoms with Crippen LogP contribution in [0.3, 0.4) is 0 Å². The maximum Gasteiger partial charge on any atom is 0.269 e. The molecule has 0 unspecified atom stereocenters. The van der Waals surface area contributed by atoms with Crippen molar-refractivity contribution >= 4 is 11.6 Å². The number of amides is 1. The second kappa shape index (κ2) is 4.57. The number of pyridine rings is 1. The van der Waals surface area contributed by atoms with Gasteiger partial charge in [-0.25, -0.2) is 4.98 Å². The zero-order valence-corrected chi connectivity index (χ0v) is 10.5. The molecular weight excluding hydrogens is 228 g/mol. The summed E-state index contributed by atoms with van der Waals surface area (Å²) >= 11 is 0. The van der Waals surface area contributed by atoms with Crippen LogP contribution in [0.4, 0.5) is 5.69 Å². The van der Waals surface area contributed by atoms with Crippen molar-refractivity contribution in [1.82, 2.24) is 15.6 Å². The van der Waals surface area contributed by atoms with E-state index in [2.05, 4.69) is 20.5 Å². The highest BCUT2D eigenvalue weighted by Crippen LogP contribution is 2.31. The molecular formula is C13H18N4O. The van der Waals surface area contributed by atoms with E-state index in [4.69, 9.17) is 0 Å². The van der Waals surface area contributed by atoms with Gasteiger partial charge in [-0.15, -0.1) is 0 Å². The van der Waals surface area contributed by atoms with Gasteiger partial charge < -0.3 is 15.5 Å². The second-order valence-corrected chi connectivity index (χ2v) is 4.88. The van der Waals surface area contributed by atoms with E-state index in [1.807, 2.05) is 12.3 Å². The van der Waals surface area contributed by atoms with E-state index in [0.717, 1.165) is 18.8 Å². The summed E-state index contributed by atoms with van der Waals surface area (Å²) in [6.07, 6.45) is 4.32. The van der Waals surface area contributed by atoms with Crippen molar-refractivity contribution in [2.75, 3.05) is 25.0 Å². The molecule has 1 saturated heterocycles. The second-order valence-electron chi connectivity index (χ2n) is 4.88. The largest absolute Gasteiger partial charge is 0.364 e. The smallest absolute Gasteiger partial charge is 0.269 e. The number of fused-ring (bicyclic) bond motifs is 1. The summed E-state index contributed by atoms with van der Waals surface area (Å²) in [5, 5.41) is 6.11. The van der Waals surface area contributed by atoms with E-state index in [0.29, 0.717) is 17.8 Å². The summed E-state index contributed by atoms with van der Waals surface area (Å²) in [6, 6.07) is 5.03. The molecule has 2 N–H and O–H groups in total. The average molecular weight is 246 g/mol. The molecule has 0 aromatic carbocycles. The number of hydrogen-bond acceptors (Lipinski definition) is 4. The topological polar surface area (TPSA) is 57.3 Å². The van der Waals surface area contributed by atoms with Gasteiger partial charge in [-0.05, 0) is 25.0 Å². The molecule has 0 bridgehead atoms. The third kappa shape index (κ3) is 1.84. The molecule has 2 atom stereocenters. The van der Waals surface area contributed by atoms with Gasteiger partial charge >= 0.3 is 0 Å². The molecule has 2 fully saturated rings. The van der Waals surface area contributed by atoms with Crippen molar-refractivity contribution in [3.05, 3.63) is 24.0 Å². The fraction of sp³-hybridized carbons (Fsp3) is 0.538. The molecule has 5 nitrogen and oxygen atoms in total. The molecule has 5 heteroatoms. The Morgan fingerprint density at radius 1 is 1.50 bits per heavy atom. The lowest BCUT2D eigenvalue weighted by Crippen LogP contribution is -2.63. The Kier molecular flexibility index (Phi) is 2.91. The predicted molar refractivity (Wildman–Crippen MR) is 69.8 cm³/mol. The Morgan fingerprint density at radius 2 is 2.39 bits per heavy atom. The molecule has 1 aliphatic carbocycles. The van der Waals surface area contributed by atoms with Crippen LogP contribution in [0, 0.1) is 0 Å². The minimum Gasteiger partial charge on any atom is -0.364 e. The van der Waals surface area contributed by atoms with Crippen LogP contribution in [0.2, 0.25) is 0 Å². The van der Waals surface area contributed by atoms with Crippen LogP contribution in [-0.4, -0.2) is 43.1 Å². The zero-order valence-electron chi connectivity index (χ0n) is 10.5. The first-order valence-corrected chi connectivity index (χ1v) is 6.48. The van der Waals surface area contributed by atoms with Crippen LogP contribution in [0.5, 0.6) is 0 Å². The number of carbonyl (C=O) groups is 1. The first kappa shape index (κ1) is 11.5. The first-order chi connectivity index (χ1) is 8.79. The van der Waals surface area contributed by atoms with Gasteiger partial charge in [-0.2, -0.15) is 0 Å². The third-order valence-electron chi connectivity index (χ3n) is 3.94. The molecule has 96 valence electrons. The average Bonchev–Trinajstić information content (AvgIpc) is 2.39. The Bertz CT molecular complexity index is 445. The Labute approximate surface area is 107 Å². The molecule has 1 amide bonds. The monoisotopic (exact) mass is 246 g/mol. The molecule has 2 heterocycles. The molecule has 1 aromatic rings. The fourth-order valence-electron chi connectivity index (χ4n) is 2.77. The van der Waals surface area contributed by atoms with Crippen LogP contribution in [-0.2, 0) is 0 Å². The highest BCUT2D eigenvalue weighted by atomic mass is 16.1. The van der Waals surface area contributed by atoms with Crippen molar-refractivity contribution in [2.24, 2.45) is 0 Å². The zero-order chi connectivity index (χ0) is 12.5. The molecule has 1 saturated carbocycles. The van der Waals surface area contributed by atoms with Gasteiger partial charge in [0.1, 0.15) is 5.69 Å². The fourth-order valence-corrected chi connectivity index (χ4v) is 2.77. The molecule has 2 aliphatic rings. The van der Waals surface area contributed by atoms with Gasteiger partial charge in [0, 0.05) is 32.2 Å². The summed E-state index contributed by atoms with van der Waals surface area (Å²) in [5.41, 5.74) is 1.60. The lowest BCUT2D eigenvalue weighted by molar-refractivity contribution is 0.0958. The molecule has 1 aromatic heterocycles. The number of nitrogens with one attached hydrogen (secondary N) is 2. The van der Waals surface area contributed by atoms with E-state index in [1.54, 1.807) is 13.1 Å². The van der Waals surface area contributed by atoms with Crippen molar-refractivity contribution < 1.29 is 4.79 Å². The minimum atomic E-state index is -0.136. The number of hydrogen-bond donors (Lipinski definition) is 2.